The molecule has 0 radical (unpaired) electrons. The lowest BCUT2D eigenvalue weighted by molar-refractivity contribution is 0.0945. The van der Waals surface area contributed by atoms with E-state index in [4.69, 9.17) is 0 Å². The third kappa shape index (κ3) is 3.88. The predicted molar refractivity (Wildman–Crippen MR) is 97.9 cm³/mol. The second kappa shape index (κ2) is 8.17. The van der Waals surface area contributed by atoms with Crippen LogP contribution < -0.4 is 15.5 Å². The summed E-state index contributed by atoms with van der Waals surface area (Å²) in [4.78, 5) is 14.6. The van der Waals surface area contributed by atoms with Gasteiger partial charge >= 0.3 is 0 Å². The van der Waals surface area contributed by atoms with Gasteiger partial charge in [0.2, 0.25) is 0 Å². The SMILES string of the molecule is CC(CNC(=O)c1n[nH]c2c1CNCC2)N(C)c1ccccc1.Cl. The number of fused-ring (bicyclic) bond motifs is 1. The molecule has 3 N–H and O–H groups in total. The van der Waals surface area contributed by atoms with Crippen LogP contribution in [-0.4, -0.2) is 42.3 Å². The zero-order chi connectivity index (χ0) is 16.2. The lowest BCUT2D eigenvalue weighted by Crippen LogP contribution is -2.40. The monoisotopic (exact) mass is 349 g/mol. The van der Waals surface area contributed by atoms with Gasteiger partial charge in [-0.05, 0) is 19.1 Å². The fourth-order valence-electron chi connectivity index (χ4n) is 2.79. The van der Waals surface area contributed by atoms with Gasteiger partial charge in [-0.1, -0.05) is 18.2 Å². The van der Waals surface area contributed by atoms with Gasteiger partial charge in [-0.2, -0.15) is 5.10 Å². The molecule has 1 aromatic carbocycles. The number of halogens is 1. The first-order valence-electron chi connectivity index (χ1n) is 7.99. The summed E-state index contributed by atoms with van der Waals surface area (Å²) in [5.41, 5.74) is 3.72. The van der Waals surface area contributed by atoms with Gasteiger partial charge in [-0.3, -0.25) is 9.89 Å². The van der Waals surface area contributed by atoms with E-state index < -0.39 is 0 Å². The van der Waals surface area contributed by atoms with Gasteiger partial charge in [-0.25, -0.2) is 0 Å². The second-order valence-corrected chi connectivity index (χ2v) is 5.96. The molecule has 0 saturated heterocycles. The maximum absolute atomic E-state index is 12.4. The van der Waals surface area contributed by atoms with Crippen LogP contribution in [0.4, 0.5) is 5.69 Å². The molecule has 1 aliphatic rings. The molecule has 0 fully saturated rings. The molecule has 2 aromatic rings. The molecule has 1 aliphatic heterocycles. The summed E-state index contributed by atoms with van der Waals surface area (Å²) in [6.45, 7) is 4.29. The fraction of sp³-hybridized carbons (Fsp3) is 0.412. The van der Waals surface area contributed by atoms with Gasteiger partial charge in [0.05, 0.1) is 0 Å². The molecule has 0 bridgehead atoms. The van der Waals surface area contributed by atoms with E-state index in [1.807, 2.05) is 25.2 Å². The van der Waals surface area contributed by atoms with E-state index in [0.29, 0.717) is 18.8 Å². The third-order valence-electron chi connectivity index (χ3n) is 4.40. The summed E-state index contributed by atoms with van der Waals surface area (Å²) < 4.78 is 0. The summed E-state index contributed by atoms with van der Waals surface area (Å²) in [6, 6.07) is 10.3. The van der Waals surface area contributed by atoms with Crippen LogP contribution >= 0.6 is 12.4 Å². The molecule has 1 amide bonds. The predicted octanol–water partition coefficient (Wildman–Crippen LogP) is 1.73. The minimum absolute atomic E-state index is 0. The summed E-state index contributed by atoms with van der Waals surface area (Å²) >= 11 is 0. The Morgan fingerprint density at radius 1 is 1.38 bits per heavy atom. The Labute approximate surface area is 148 Å². The maximum Gasteiger partial charge on any atom is 0.272 e. The molecule has 6 nitrogen and oxygen atoms in total. The van der Waals surface area contributed by atoms with Crippen molar-refractivity contribution in [3.63, 3.8) is 0 Å². The van der Waals surface area contributed by atoms with Crippen LogP contribution in [0.15, 0.2) is 30.3 Å². The minimum Gasteiger partial charge on any atom is -0.370 e. The highest BCUT2D eigenvalue weighted by molar-refractivity contribution is 5.94. The normalized spacial score (nSPS) is 14.2. The molecular formula is C17H24ClN5O. The van der Waals surface area contributed by atoms with Crippen molar-refractivity contribution in [3.8, 4) is 0 Å². The van der Waals surface area contributed by atoms with Crippen molar-refractivity contribution in [2.45, 2.75) is 25.9 Å². The number of benzene rings is 1. The van der Waals surface area contributed by atoms with Crippen LogP contribution in [0, 0.1) is 0 Å². The van der Waals surface area contributed by atoms with Crippen LogP contribution in [0.2, 0.25) is 0 Å². The highest BCUT2D eigenvalue weighted by atomic mass is 35.5. The molecular weight excluding hydrogens is 326 g/mol. The molecule has 0 spiro atoms. The van der Waals surface area contributed by atoms with E-state index in [9.17, 15) is 4.79 Å². The number of carbonyl (C=O) groups excluding carboxylic acids is 1. The van der Waals surface area contributed by atoms with E-state index in [1.54, 1.807) is 0 Å². The summed E-state index contributed by atoms with van der Waals surface area (Å²) in [5, 5.41) is 13.4. The van der Waals surface area contributed by atoms with Crippen molar-refractivity contribution < 1.29 is 4.79 Å². The van der Waals surface area contributed by atoms with Gasteiger partial charge in [0.1, 0.15) is 0 Å². The quantitative estimate of drug-likeness (QED) is 0.768. The number of H-pyrrole nitrogens is 1. The number of carbonyl (C=O) groups is 1. The van der Waals surface area contributed by atoms with Gasteiger partial charge in [-0.15, -0.1) is 12.4 Å². The number of para-hydroxylation sites is 1. The zero-order valence-corrected chi connectivity index (χ0v) is 14.8. The number of anilines is 1. The topological polar surface area (TPSA) is 73.0 Å². The Balaban J connectivity index is 0.00000208. The molecule has 1 aromatic heterocycles. The van der Waals surface area contributed by atoms with Gasteiger partial charge in [0.15, 0.2) is 5.69 Å². The van der Waals surface area contributed by atoms with Crippen LogP contribution in [-0.2, 0) is 13.0 Å². The van der Waals surface area contributed by atoms with E-state index in [-0.39, 0.29) is 24.4 Å². The van der Waals surface area contributed by atoms with Crippen molar-refractivity contribution in [1.82, 2.24) is 20.8 Å². The van der Waals surface area contributed by atoms with E-state index in [0.717, 1.165) is 29.9 Å². The number of hydrogen-bond acceptors (Lipinski definition) is 4. The number of rotatable bonds is 5. The second-order valence-electron chi connectivity index (χ2n) is 5.96. The molecule has 3 rings (SSSR count). The summed E-state index contributed by atoms with van der Waals surface area (Å²) in [6.07, 6.45) is 0.892. The molecule has 24 heavy (non-hydrogen) atoms. The number of nitrogens with zero attached hydrogens (tertiary/aromatic N) is 2. The molecule has 1 atom stereocenters. The van der Waals surface area contributed by atoms with Crippen LogP contribution in [0.25, 0.3) is 0 Å². The molecule has 7 heteroatoms. The highest BCUT2D eigenvalue weighted by Gasteiger charge is 2.22. The molecule has 130 valence electrons. The number of likely N-dealkylation sites (N-methyl/N-ethyl adjacent to an activating group) is 1. The van der Waals surface area contributed by atoms with Crippen molar-refractivity contribution in [3.05, 3.63) is 47.3 Å². The van der Waals surface area contributed by atoms with E-state index in [2.05, 4.69) is 44.8 Å². The Bertz CT molecular complexity index is 673. The van der Waals surface area contributed by atoms with Crippen molar-refractivity contribution in [1.29, 1.82) is 0 Å². The van der Waals surface area contributed by atoms with Gasteiger partial charge in [0.25, 0.3) is 5.91 Å². The molecule has 1 unspecified atom stereocenters. The Kier molecular flexibility index (Phi) is 6.23. The van der Waals surface area contributed by atoms with Crippen LogP contribution in [0.5, 0.6) is 0 Å². The Hall–Kier alpha value is -2.05. The van der Waals surface area contributed by atoms with Gasteiger partial charge < -0.3 is 15.5 Å². The highest BCUT2D eigenvalue weighted by Crippen LogP contribution is 2.16. The van der Waals surface area contributed by atoms with Gasteiger partial charge in [0, 0.05) is 56.1 Å². The number of hydrogen-bond donors (Lipinski definition) is 3. The smallest absolute Gasteiger partial charge is 0.272 e. The van der Waals surface area contributed by atoms with Crippen molar-refractivity contribution >= 4 is 24.0 Å². The Morgan fingerprint density at radius 2 is 2.12 bits per heavy atom. The van der Waals surface area contributed by atoms with Crippen molar-refractivity contribution in [2.24, 2.45) is 0 Å². The van der Waals surface area contributed by atoms with E-state index >= 15 is 0 Å². The largest absolute Gasteiger partial charge is 0.370 e. The first-order valence-corrected chi connectivity index (χ1v) is 7.99. The summed E-state index contributed by atoms with van der Waals surface area (Å²) in [7, 11) is 2.03. The average Bonchev–Trinajstić information content (AvgIpc) is 3.03. The third-order valence-corrected chi connectivity index (χ3v) is 4.40. The molecule has 2 heterocycles. The average molecular weight is 350 g/mol. The molecule has 0 aliphatic carbocycles. The minimum atomic E-state index is -0.112. The summed E-state index contributed by atoms with van der Waals surface area (Å²) in [5.74, 6) is -0.112. The fourth-order valence-corrected chi connectivity index (χ4v) is 2.79. The Morgan fingerprint density at radius 3 is 2.88 bits per heavy atom. The standard InChI is InChI=1S/C17H23N5O.ClH/c1-12(22(2)13-6-4-3-5-7-13)10-19-17(23)16-14-11-18-9-8-15(14)20-21-16;/h3-7,12,18H,8-11H2,1-2H3,(H,19,23)(H,20,21);1H. The zero-order valence-electron chi connectivity index (χ0n) is 14.0. The number of amides is 1. The number of nitrogens with one attached hydrogen (secondary N) is 3. The lowest BCUT2D eigenvalue weighted by Gasteiger charge is -2.27. The van der Waals surface area contributed by atoms with Crippen LogP contribution in [0.1, 0.15) is 28.7 Å². The van der Waals surface area contributed by atoms with Crippen LogP contribution in [0.3, 0.4) is 0 Å². The number of aromatic amines is 1. The molecule has 0 saturated carbocycles. The maximum atomic E-state index is 12.4. The lowest BCUT2D eigenvalue weighted by atomic mass is 10.1. The first kappa shape index (κ1) is 18.3. The first-order chi connectivity index (χ1) is 11.2. The van der Waals surface area contributed by atoms with Crippen molar-refractivity contribution in [2.75, 3.05) is 25.0 Å². The number of aromatic nitrogens is 2. The van der Waals surface area contributed by atoms with E-state index in [1.165, 1.54) is 0 Å².